The second-order valence-corrected chi connectivity index (χ2v) is 10.5. The molecule has 1 aliphatic heterocycles. The summed E-state index contributed by atoms with van der Waals surface area (Å²) in [5.74, 6) is 1.23. The Labute approximate surface area is 239 Å². The van der Waals surface area contributed by atoms with Crippen molar-refractivity contribution in [3.63, 3.8) is 0 Å². The monoisotopic (exact) mass is 558 g/mol. The molecule has 10 heteroatoms. The molecule has 4 aromatic rings. The number of carbonyl (C=O) groups is 1. The van der Waals surface area contributed by atoms with Gasteiger partial charge in [0, 0.05) is 51.8 Å². The molecule has 9 nitrogen and oxygen atoms in total. The summed E-state index contributed by atoms with van der Waals surface area (Å²) in [7, 11) is 3.44. The quantitative estimate of drug-likeness (QED) is 0.273. The zero-order valence-electron chi connectivity index (χ0n) is 22.7. The lowest BCUT2D eigenvalue weighted by atomic mass is 10.0. The molecular formula is C30H31ClN6O3. The standard InChI is InChI=1S/C30H30N6O3.ClH/c1-17-13-19(30(37)36(3)4)15-33-27(17)25-14-24-28(39-25)26(21(16-32-24)18-5-6-18)22-7-8-23(29(31-2)35-22)34-20-9-11-38-12-10-20;/h7-8,13-16,18,20,34H,5-6,9-12H2,1,3-4H3;1H. The Morgan fingerprint density at radius 1 is 1.10 bits per heavy atom. The van der Waals surface area contributed by atoms with E-state index in [4.69, 9.17) is 25.7 Å². The number of nitrogens with one attached hydrogen (secondary N) is 1. The molecule has 1 amide bonds. The number of aryl methyl sites for hydroxylation is 1. The molecule has 0 atom stereocenters. The topological polar surface area (TPSA) is 97.7 Å². The van der Waals surface area contributed by atoms with Gasteiger partial charge in [-0.3, -0.25) is 14.8 Å². The van der Waals surface area contributed by atoms with Gasteiger partial charge in [0.15, 0.2) is 17.0 Å². The first kappa shape index (κ1) is 27.6. The molecular weight excluding hydrogens is 528 g/mol. The number of halogens is 1. The Bertz CT molecular complexity index is 1620. The molecule has 1 aliphatic carbocycles. The van der Waals surface area contributed by atoms with Gasteiger partial charge >= 0.3 is 0 Å². The van der Waals surface area contributed by atoms with Gasteiger partial charge in [0.05, 0.1) is 16.8 Å². The molecule has 0 unspecified atom stereocenters. The second-order valence-electron chi connectivity index (χ2n) is 10.5. The van der Waals surface area contributed by atoms with Crippen LogP contribution < -0.4 is 5.32 Å². The zero-order valence-corrected chi connectivity index (χ0v) is 23.5. The third-order valence-electron chi connectivity index (χ3n) is 7.37. The van der Waals surface area contributed by atoms with Gasteiger partial charge in [-0.2, -0.15) is 0 Å². The SMILES string of the molecule is Cl.[C-]#[N+]c1nc(-c2c(C3CC3)cnc3cc(-c4ncc(C(=O)N(C)C)cc4C)oc23)ccc1NC1CCOCC1. The van der Waals surface area contributed by atoms with Gasteiger partial charge in [-0.25, -0.2) is 0 Å². The van der Waals surface area contributed by atoms with Gasteiger partial charge < -0.3 is 24.2 Å². The van der Waals surface area contributed by atoms with Gasteiger partial charge in [0.2, 0.25) is 0 Å². The van der Waals surface area contributed by atoms with Gasteiger partial charge in [0.25, 0.3) is 11.7 Å². The predicted octanol–water partition coefficient (Wildman–Crippen LogP) is 6.40. The third kappa shape index (κ3) is 5.25. The number of hydrogen-bond acceptors (Lipinski definition) is 7. The second kappa shape index (κ2) is 11.2. The van der Waals surface area contributed by atoms with Crippen LogP contribution in [0.5, 0.6) is 0 Å². The molecule has 1 saturated carbocycles. The number of ether oxygens (including phenoxy) is 1. The maximum atomic E-state index is 12.4. The maximum absolute atomic E-state index is 12.4. The van der Waals surface area contributed by atoms with E-state index in [1.54, 1.807) is 20.3 Å². The van der Waals surface area contributed by atoms with Crippen molar-refractivity contribution in [2.24, 2.45) is 0 Å². The summed E-state index contributed by atoms with van der Waals surface area (Å²) in [4.78, 5) is 31.8. The fourth-order valence-corrected chi connectivity index (χ4v) is 5.13. The Morgan fingerprint density at radius 3 is 2.55 bits per heavy atom. The number of nitrogens with zero attached hydrogens (tertiary/aromatic N) is 5. The largest absolute Gasteiger partial charge is 0.452 e. The summed E-state index contributed by atoms with van der Waals surface area (Å²) in [6.45, 7) is 11.2. The van der Waals surface area contributed by atoms with Crippen molar-refractivity contribution in [2.75, 3.05) is 32.6 Å². The molecule has 0 radical (unpaired) electrons. The van der Waals surface area contributed by atoms with Crippen molar-refractivity contribution in [2.45, 2.75) is 44.6 Å². The summed E-state index contributed by atoms with van der Waals surface area (Å²) in [6.07, 6.45) is 7.49. The number of anilines is 1. The number of furan rings is 1. The summed E-state index contributed by atoms with van der Waals surface area (Å²) >= 11 is 0. The van der Waals surface area contributed by atoms with E-state index in [1.165, 1.54) is 4.90 Å². The van der Waals surface area contributed by atoms with Crippen molar-refractivity contribution in [3.05, 3.63) is 64.8 Å². The molecule has 0 spiro atoms. The average Bonchev–Trinajstić information content (AvgIpc) is 3.71. The number of fused-ring (bicyclic) bond motifs is 1. The molecule has 1 saturated heterocycles. The zero-order chi connectivity index (χ0) is 27.1. The molecule has 2 aliphatic rings. The van der Waals surface area contributed by atoms with Crippen LogP contribution in [0, 0.1) is 13.5 Å². The van der Waals surface area contributed by atoms with E-state index >= 15 is 0 Å². The van der Waals surface area contributed by atoms with Crippen LogP contribution in [-0.2, 0) is 4.74 Å². The van der Waals surface area contributed by atoms with Crippen LogP contribution in [-0.4, -0.2) is 59.1 Å². The van der Waals surface area contributed by atoms with E-state index in [0.29, 0.717) is 45.5 Å². The summed E-state index contributed by atoms with van der Waals surface area (Å²) < 4.78 is 11.9. The Morgan fingerprint density at radius 2 is 1.88 bits per heavy atom. The Balaban J connectivity index is 0.00000323. The van der Waals surface area contributed by atoms with E-state index in [9.17, 15) is 4.79 Å². The molecule has 206 valence electrons. The number of hydrogen-bond donors (Lipinski definition) is 1. The smallest absolute Gasteiger partial charge is 0.293 e. The molecule has 6 rings (SSSR count). The molecule has 1 N–H and O–H groups in total. The minimum atomic E-state index is -0.101. The first-order valence-corrected chi connectivity index (χ1v) is 13.3. The van der Waals surface area contributed by atoms with E-state index in [1.807, 2.05) is 37.4 Å². The van der Waals surface area contributed by atoms with Gasteiger partial charge in [-0.1, -0.05) is 6.57 Å². The molecule has 5 heterocycles. The third-order valence-corrected chi connectivity index (χ3v) is 7.37. The first-order chi connectivity index (χ1) is 18.9. The number of rotatable bonds is 6. The van der Waals surface area contributed by atoms with Crippen molar-refractivity contribution >= 4 is 40.9 Å². The minimum absolute atomic E-state index is 0. The minimum Gasteiger partial charge on any atom is -0.452 e. The number of carbonyl (C=O) groups excluding carboxylic acids is 1. The van der Waals surface area contributed by atoms with Crippen LogP contribution in [0.3, 0.4) is 0 Å². The molecule has 0 aromatic carbocycles. The highest BCUT2D eigenvalue weighted by Crippen LogP contribution is 2.47. The van der Waals surface area contributed by atoms with E-state index < -0.39 is 0 Å². The number of aromatic nitrogens is 3. The van der Waals surface area contributed by atoms with E-state index in [-0.39, 0.29) is 24.4 Å². The lowest BCUT2D eigenvalue weighted by Crippen LogP contribution is -2.27. The van der Waals surface area contributed by atoms with Crippen LogP contribution in [0.2, 0.25) is 0 Å². The van der Waals surface area contributed by atoms with Gasteiger partial charge in [-0.05, 0) is 67.9 Å². The Kier molecular flexibility index (Phi) is 7.74. The first-order valence-electron chi connectivity index (χ1n) is 13.3. The molecule has 4 aromatic heterocycles. The number of amides is 1. The molecule has 0 bridgehead atoms. The van der Waals surface area contributed by atoms with Gasteiger partial charge in [-0.15, -0.1) is 17.4 Å². The fraction of sp³-hybridized carbons (Fsp3) is 0.367. The predicted molar refractivity (Wildman–Crippen MR) is 156 cm³/mol. The summed E-state index contributed by atoms with van der Waals surface area (Å²) in [5, 5.41) is 3.49. The highest BCUT2D eigenvalue weighted by molar-refractivity contribution is 5.96. The van der Waals surface area contributed by atoms with Crippen LogP contribution in [0.4, 0.5) is 11.5 Å². The van der Waals surface area contributed by atoms with Crippen LogP contribution in [0.15, 0.2) is 41.1 Å². The average molecular weight is 559 g/mol. The van der Waals surface area contributed by atoms with Gasteiger partial charge in [0.1, 0.15) is 11.2 Å². The lowest BCUT2D eigenvalue weighted by Gasteiger charge is -2.24. The van der Waals surface area contributed by atoms with Crippen LogP contribution >= 0.6 is 12.4 Å². The van der Waals surface area contributed by atoms with E-state index in [2.05, 4.69) is 15.1 Å². The van der Waals surface area contributed by atoms with Crippen molar-refractivity contribution < 1.29 is 13.9 Å². The van der Waals surface area contributed by atoms with Crippen molar-refractivity contribution in [1.29, 1.82) is 0 Å². The lowest BCUT2D eigenvalue weighted by molar-refractivity contribution is 0.0827. The summed E-state index contributed by atoms with van der Waals surface area (Å²) in [6, 6.07) is 7.89. The van der Waals surface area contributed by atoms with E-state index in [0.717, 1.165) is 61.3 Å². The normalized spacial score (nSPS) is 15.3. The highest BCUT2D eigenvalue weighted by atomic mass is 35.5. The van der Waals surface area contributed by atoms with Crippen LogP contribution in [0.25, 0.3) is 38.7 Å². The Hall–Kier alpha value is -4.00. The molecule has 2 fully saturated rings. The van der Waals surface area contributed by atoms with Crippen molar-refractivity contribution in [3.8, 4) is 22.7 Å². The van der Waals surface area contributed by atoms with Crippen LogP contribution in [0.1, 0.15) is 53.1 Å². The maximum Gasteiger partial charge on any atom is 0.293 e. The summed E-state index contributed by atoms with van der Waals surface area (Å²) in [5.41, 5.74) is 6.78. The fourth-order valence-electron chi connectivity index (χ4n) is 5.13. The highest BCUT2D eigenvalue weighted by Gasteiger charge is 2.31. The number of pyridine rings is 3. The molecule has 40 heavy (non-hydrogen) atoms. The van der Waals surface area contributed by atoms with Crippen molar-refractivity contribution in [1.82, 2.24) is 19.9 Å².